The average molecular weight is 683 g/mol. The van der Waals surface area contributed by atoms with Crippen LogP contribution >= 0.6 is 11.6 Å². The number of carboxylic acids is 1. The van der Waals surface area contributed by atoms with Crippen LogP contribution in [-0.2, 0) is 11.2 Å². The summed E-state index contributed by atoms with van der Waals surface area (Å²) in [6.45, 7) is 0. The van der Waals surface area contributed by atoms with Gasteiger partial charge in [-0.25, -0.2) is 4.79 Å². The molecule has 0 saturated heterocycles. The maximum absolute atomic E-state index is 13.5. The molecule has 0 unspecified atom stereocenters. The molecule has 0 radical (unpaired) electrons. The summed E-state index contributed by atoms with van der Waals surface area (Å²) in [5, 5.41) is 15.6. The summed E-state index contributed by atoms with van der Waals surface area (Å²) in [5.41, 5.74) is 2.92. The lowest BCUT2D eigenvalue weighted by Crippen LogP contribution is -2.42. The SMILES string of the molecule is O=C(Nc1ccc(Cl)cc1C(=O)N[C@@H](Cc1ccc(-c2ccccc2Oc2ccccc2)cc1)C(=O)O)c1cccc(Oc2ccccc2)c1. The number of hydrogen-bond acceptors (Lipinski definition) is 5. The third-order valence-corrected chi connectivity index (χ3v) is 7.95. The molecule has 50 heavy (non-hydrogen) atoms. The maximum atomic E-state index is 13.5. The Balaban J connectivity index is 1.15. The first-order valence-electron chi connectivity index (χ1n) is 15.7. The number of nitrogens with one attached hydrogen (secondary N) is 2. The van der Waals surface area contributed by atoms with Crippen LogP contribution in [0.3, 0.4) is 0 Å². The zero-order valence-corrected chi connectivity index (χ0v) is 27.3. The first-order valence-corrected chi connectivity index (χ1v) is 16.1. The highest BCUT2D eigenvalue weighted by Crippen LogP contribution is 2.33. The highest BCUT2D eigenvalue weighted by molar-refractivity contribution is 6.31. The van der Waals surface area contributed by atoms with Crippen molar-refractivity contribution in [3.8, 4) is 34.1 Å². The predicted octanol–water partition coefficient (Wildman–Crippen LogP) is 9.27. The predicted molar refractivity (Wildman–Crippen MR) is 193 cm³/mol. The molecule has 3 N–H and O–H groups in total. The number of carboxylic acid groups (broad SMARTS) is 1. The van der Waals surface area contributed by atoms with E-state index in [4.69, 9.17) is 21.1 Å². The molecular weight excluding hydrogens is 652 g/mol. The fourth-order valence-corrected chi connectivity index (χ4v) is 5.41. The van der Waals surface area contributed by atoms with Gasteiger partial charge in [-0.1, -0.05) is 96.5 Å². The Kier molecular flexibility index (Phi) is 10.5. The first-order chi connectivity index (χ1) is 24.3. The summed E-state index contributed by atoms with van der Waals surface area (Å²) < 4.78 is 11.9. The van der Waals surface area contributed by atoms with Crippen LogP contribution in [0.1, 0.15) is 26.3 Å². The summed E-state index contributed by atoms with van der Waals surface area (Å²) in [7, 11) is 0. The van der Waals surface area contributed by atoms with E-state index >= 15 is 0 Å². The molecule has 6 aromatic rings. The molecule has 0 aliphatic carbocycles. The average Bonchev–Trinajstić information content (AvgIpc) is 3.13. The summed E-state index contributed by atoms with van der Waals surface area (Å²) >= 11 is 6.23. The van der Waals surface area contributed by atoms with Crippen molar-refractivity contribution < 1.29 is 29.0 Å². The summed E-state index contributed by atoms with van der Waals surface area (Å²) in [6, 6.07) is 43.4. The number of anilines is 1. The standard InChI is InChI=1S/C41H31ClN2O6/c42-30-22-23-36(43-39(45)29-10-9-15-33(25-29)49-31-11-3-1-4-12-31)35(26-30)40(46)44-37(41(47)48)24-27-18-20-28(21-19-27)34-16-7-8-17-38(34)50-32-13-5-2-6-14-32/h1-23,25-26,37H,24H2,(H,43,45)(H,44,46)(H,47,48)/t37-/m0/s1. The van der Waals surface area contributed by atoms with Crippen molar-refractivity contribution >= 4 is 35.1 Å². The minimum Gasteiger partial charge on any atom is -0.480 e. The van der Waals surface area contributed by atoms with Crippen molar-refractivity contribution in [2.24, 2.45) is 0 Å². The highest BCUT2D eigenvalue weighted by Gasteiger charge is 2.24. The Labute approximate surface area is 293 Å². The Hall–Kier alpha value is -6.38. The molecule has 0 spiro atoms. The minimum absolute atomic E-state index is 0.0131. The number of amides is 2. The van der Waals surface area contributed by atoms with Gasteiger partial charge in [0.15, 0.2) is 0 Å². The molecule has 2 amide bonds. The number of ether oxygens (including phenoxy) is 2. The van der Waals surface area contributed by atoms with E-state index in [-0.39, 0.29) is 22.7 Å². The van der Waals surface area contributed by atoms with Crippen LogP contribution in [0.5, 0.6) is 23.0 Å². The second-order valence-corrected chi connectivity index (χ2v) is 11.7. The van der Waals surface area contributed by atoms with Gasteiger partial charge in [0.2, 0.25) is 0 Å². The van der Waals surface area contributed by atoms with Gasteiger partial charge in [-0.2, -0.15) is 0 Å². The molecule has 0 aromatic heterocycles. The third-order valence-electron chi connectivity index (χ3n) is 7.72. The van der Waals surface area contributed by atoms with Crippen molar-refractivity contribution in [3.05, 3.63) is 173 Å². The number of aliphatic carboxylic acids is 1. The van der Waals surface area contributed by atoms with Crippen LogP contribution in [-0.4, -0.2) is 28.9 Å². The Bertz CT molecular complexity index is 2120. The number of para-hydroxylation sites is 3. The van der Waals surface area contributed by atoms with Crippen LogP contribution in [0.15, 0.2) is 152 Å². The zero-order chi connectivity index (χ0) is 34.9. The number of carbonyl (C=O) groups excluding carboxylic acids is 2. The molecule has 6 rings (SSSR count). The van der Waals surface area contributed by atoms with Gasteiger partial charge in [-0.15, -0.1) is 0 Å². The van der Waals surface area contributed by atoms with E-state index in [9.17, 15) is 19.5 Å². The molecule has 0 fully saturated rings. The summed E-state index contributed by atoms with van der Waals surface area (Å²) in [6.07, 6.45) is 0.0139. The highest BCUT2D eigenvalue weighted by atomic mass is 35.5. The Morgan fingerprint density at radius 1 is 0.640 bits per heavy atom. The minimum atomic E-state index is -1.27. The van der Waals surface area contributed by atoms with Gasteiger partial charge in [0.25, 0.3) is 11.8 Å². The Morgan fingerprint density at radius 2 is 1.28 bits per heavy atom. The van der Waals surface area contributed by atoms with Crippen LogP contribution in [0.2, 0.25) is 5.02 Å². The lowest BCUT2D eigenvalue weighted by atomic mass is 9.99. The van der Waals surface area contributed by atoms with E-state index < -0.39 is 23.8 Å². The summed E-state index contributed by atoms with van der Waals surface area (Å²) in [4.78, 5) is 39.1. The molecule has 248 valence electrons. The molecule has 6 aromatic carbocycles. The molecule has 0 aliphatic rings. The van der Waals surface area contributed by atoms with Crippen molar-refractivity contribution in [3.63, 3.8) is 0 Å². The van der Waals surface area contributed by atoms with Crippen LogP contribution in [0, 0.1) is 0 Å². The van der Waals surface area contributed by atoms with Gasteiger partial charge in [-0.3, -0.25) is 9.59 Å². The monoisotopic (exact) mass is 682 g/mol. The quantitative estimate of drug-likeness (QED) is 0.119. The topological polar surface area (TPSA) is 114 Å². The summed E-state index contributed by atoms with van der Waals surface area (Å²) in [5.74, 6) is 0.0446. The van der Waals surface area contributed by atoms with E-state index in [2.05, 4.69) is 10.6 Å². The zero-order valence-electron chi connectivity index (χ0n) is 26.6. The number of halogens is 1. The lowest BCUT2D eigenvalue weighted by molar-refractivity contribution is -0.139. The molecule has 8 nitrogen and oxygen atoms in total. The van der Waals surface area contributed by atoms with E-state index in [1.165, 1.54) is 18.2 Å². The number of hydrogen-bond donors (Lipinski definition) is 3. The Morgan fingerprint density at radius 3 is 1.98 bits per heavy atom. The largest absolute Gasteiger partial charge is 0.480 e. The van der Waals surface area contributed by atoms with E-state index in [1.807, 2.05) is 97.1 Å². The van der Waals surface area contributed by atoms with Crippen LogP contribution < -0.4 is 20.1 Å². The molecule has 1 atom stereocenters. The first kappa shape index (κ1) is 33.5. The van der Waals surface area contributed by atoms with Crippen molar-refractivity contribution in [1.82, 2.24) is 5.32 Å². The smallest absolute Gasteiger partial charge is 0.326 e. The van der Waals surface area contributed by atoms with Crippen LogP contribution in [0.4, 0.5) is 5.69 Å². The van der Waals surface area contributed by atoms with E-state index in [0.717, 1.165) is 11.1 Å². The van der Waals surface area contributed by atoms with E-state index in [0.29, 0.717) is 34.1 Å². The van der Waals surface area contributed by atoms with Gasteiger partial charge in [-0.05, 0) is 77.9 Å². The van der Waals surface area contributed by atoms with E-state index in [1.54, 1.807) is 36.4 Å². The van der Waals surface area contributed by atoms with Crippen molar-refractivity contribution in [1.29, 1.82) is 0 Å². The number of benzene rings is 6. The molecule has 0 aliphatic heterocycles. The fraction of sp³-hybridized carbons (Fsp3) is 0.0488. The van der Waals surface area contributed by atoms with Gasteiger partial charge >= 0.3 is 5.97 Å². The molecule has 0 bridgehead atoms. The second kappa shape index (κ2) is 15.7. The molecular formula is C41H31ClN2O6. The maximum Gasteiger partial charge on any atom is 0.326 e. The molecule has 0 saturated carbocycles. The lowest BCUT2D eigenvalue weighted by Gasteiger charge is -2.17. The fourth-order valence-electron chi connectivity index (χ4n) is 5.24. The third kappa shape index (κ3) is 8.55. The molecule has 0 heterocycles. The number of carbonyl (C=O) groups is 3. The number of rotatable bonds is 12. The van der Waals surface area contributed by atoms with Gasteiger partial charge in [0.05, 0.1) is 11.3 Å². The van der Waals surface area contributed by atoms with Crippen LogP contribution in [0.25, 0.3) is 11.1 Å². The molecule has 9 heteroatoms. The van der Waals surface area contributed by atoms with Gasteiger partial charge in [0.1, 0.15) is 29.0 Å². The van der Waals surface area contributed by atoms with Crippen molar-refractivity contribution in [2.75, 3.05) is 5.32 Å². The second-order valence-electron chi connectivity index (χ2n) is 11.3. The van der Waals surface area contributed by atoms with Crippen molar-refractivity contribution in [2.45, 2.75) is 12.5 Å². The van der Waals surface area contributed by atoms with Gasteiger partial charge in [0, 0.05) is 22.6 Å². The normalized spacial score (nSPS) is 11.2. The van der Waals surface area contributed by atoms with Gasteiger partial charge < -0.3 is 25.2 Å².